The van der Waals surface area contributed by atoms with E-state index in [9.17, 15) is 9.59 Å². The maximum absolute atomic E-state index is 12.0. The first kappa shape index (κ1) is 16.7. The number of nitrogens with one attached hydrogen (secondary N) is 1. The number of ether oxygens (including phenoxy) is 1. The molecule has 1 amide bonds. The highest BCUT2D eigenvalue weighted by Gasteiger charge is 2.20. The number of carbonyl (C=O) groups is 2. The van der Waals surface area contributed by atoms with Crippen LogP contribution in [0.25, 0.3) is 0 Å². The van der Waals surface area contributed by atoms with Gasteiger partial charge < -0.3 is 20.7 Å². The minimum Gasteiger partial charge on any atom is -0.462 e. The van der Waals surface area contributed by atoms with Gasteiger partial charge in [0.15, 0.2) is 0 Å². The summed E-state index contributed by atoms with van der Waals surface area (Å²) in [5.74, 6) is -0.231. The van der Waals surface area contributed by atoms with Gasteiger partial charge in [-0.25, -0.2) is 9.78 Å². The van der Waals surface area contributed by atoms with E-state index < -0.39 is 5.97 Å². The number of pyridine rings is 1. The normalized spacial score (nSPS) is 10.0. The van der Waals surface area contributed by atoms with Crippen molar-refractivity contribution in [3.8, 4) is 0 Å². The number of hydrogen-bond acceptors (Lipinski definition) is 6. The average molecular weight is 294 g/mol. The van der Waals surface area contributed by atoms with Crippen LogP contribution in [0.3, 0.4) is 0 Å². The highest BCUT2D eigenvalue weighted by atomic mass is 16.5. The molecule has 0 unspecified atom stereocenters. The number of amides is 1. The van der Waals surface area contributed by atoms with Crippen LogP contribution in [0.5, 0.6) is 0 Å². The van der Waals surface area contributed by atoms with Crippen molar-refractivity contribution in [2.24, 2.45) is 0 Å². The van der Waals surface area contributed by atoms with E-state index >= 15 is 0 Å². The molecule has 1 heterocycles. The number of nitrogen functional groups attached to an aromatic ring is 1. The number of aromatic nitrogens is 1. The van der Waals surface area contributed by atoms with Gasteiger partial charge in [0, 0.05) is 13.1 Å². The molecule has 0 atom stereocenters. The van der Waals surface area contributed by atoms with Crippen molar-refractivity contribution in [1.82, 2.24) is 10.3 Å². The van der Waals surface area contributed by atoms with Crippen molar-refractivity contribution < 1.29 is 14.3 Å². The lowest BCUT2D eigenvalue weighted by Crippen LogP contribution is -2.38. The summed E-state index contributed by atoms with van der Waals surface area (Å²) in [5.41, 5.74) is 6.32. The van der Waals surface area contributed by atoms with Gasteiger partial charge in [0.05, 0.1) is 25.0 Å². The molecule has 0 aromatic carbocycles. The standard InChI is InChI=1S/C14H22N4O3/c1-4-16-12(19)9-18(5-2)13-11(14(20)21-6-3)7-10(15)8-17-13/h7-8H,4-6,9,15H2,1-3H3,(H,16,19). The van der Waals surface area contributed by atoms with Crippen molar-refractivity contribution >= 4 is 23.4 Å². The van der Waals surface area contributed by atoms with Crippen LogP contribution in [0.2, 0.25) is 0 Å². The Morgan fingerprint density at radius 3 is 2.67 bits per heavy atom. The molecule has 3 N–H and O–H groups in total. The molecule has 0 aliphatic rings. The quantitative estimate of drug-likeness (QED) is 0.722. The number of hydrogen-bond donors (Lipinski definition) is 2. The summed E-state index contributed by atoms with van der Waals surface area (Å²) in [7, 11) is 0. The summed E-state index contributed by atoms with van der Waals surface area (Å²) in [6.07, 6.45) is 1.46. The highest BCUT2D eigenvalue weighted by molar-refractivity contribution is 5.96. The third-order valence-electron chi connectivity index (χ3n) is 2.77. The highest BCUT2D eigenvalue weighted by Crippen LogP contribution is 2.21. The summed E-state index contributed by atoms with van der Waals surface area (Å²) in [6.45, 7) is 6.91. The van der Waals surface area contributed by atoms with Gasteiger partial charge in [-0.05, 0) is 26.8 Å². The fourth-order valence-electron chi connectivity index (χ4n) is 1.85. The molecule has 0 aliphatic carbocycles. The second-order valence-electron chi connectivity index (χ2n) is 4.33. The molecule has 0 spiro atoms. The molecule has 0 radical (unpaired) electrons. The first-order chi connectivity index (χ1) is 10.0. The smallest absolute Gasteiger partial charge is 0.341 e. The number of likely N-dealkylation sites (N-methyl/N-ethyl adjacent to an activating group) is 2. The molecule has 1 aromatic rings. The number of esters is 1. The summed E-state index contributed by atoms with van der Waals surface area (Å²) >= 11 is 0. The predicted octanol–water partition coefficient (Wildman–Crippen LogP) is 0.803. The largest absolute Gasteiger partial charge is 0.462 e. The molecular formula is C14H22N4O3. The Kier molecular flexibility index (Phi) is 6.45. The van der Waals surface area contributed by atoms with Gasteiger partial charge in [-0.15, -0.1) is 0 Å². The van der Waals surface area contributed by atoms with E-state index in [1.54, 1.807) is 11.8 Å². The minimum atomic E-state index is -0.498. The van der Waals surface area contributed by atoms with Crippen LogP contribution in [0.15, 0.2) is 12.3 Å². The van der Waals surface area contributed by atoms with Gasteiger partial charge in [0.2, 0.25) is 5.91 Å². The summed E-state index contributed by atoms with van der Waals surface area (Å²) in [5, 5.41) is 2.72. The monoisotopic (exact) mass is 294 g/mol. The van der Waals surface area contributed by atoms with Crippen molar-refractivity contribution in [1.29, 1.82) is 0 Å². The second-order valence-corrected chi connectivity index (χ2v) is 4.33. The summed E-state index contributed by atoms with van der Waals surface area (Å²) in [6, 6.07) is 1.51. The van der Waals surface area contributed by atoms with Crippen LogP contribution in [-0.2, 0) is 9.53 Å². The number of nitrogens with two attached hydrogens (primary N) is 1. The third kappa shape index (κ3) is 4.62. The van der Waals surface area contributed by atoms with E-state index in [2.05, 4.69) is 10.3 Å². The number of rotatable bonds is 7. The Hall–Kier alpha value is -2.31. The third-order valence-corrected chi connectivity index (χ3v) is 2.77. The van der Waals surface area contributed by atoms with Gasteiger partial charge in [-0.1, -0.05) is 0 Å². The van der Waals surface area contributed by atoms with Gasteiger partial charge >= 0.3 is 5.97 Å². The molecule has 0 bridgehead atoms. The zero-order chi connectivity index (χ0) is 15.8. The van der Waals surface area contributed by atoms with Crippen molar-refractivity contribution in [2.45, 2.75) is 20.8 Å². The zero-order valence-corrected chi connectivity index (χ0v) is 12.7. The molecule has 0 aliphatic heterocycles. The Morgan fingerprint density at radius 2 is 2.10 bits per heavy atom. The molecule has 7 heteroatoms. The van der Waals surface area contributed by atoms with Gasteiger partial charge in [0.25, 0.3) is 0 Å². The lowest BCUT2D eigenvalue weighted by molar-refractivity contribution is -0.119. The van der Waals surface area contributed by atoms with Crippen LogP contribution >= 0.6 is 0 Å². The number of anilines is 2. The average Bonchev–Trinajstić information content (AvgIpc) is 2.45. The lowest BCUT2D eigenvalue weighted by Gasteiger charge is -2.23. The lowest BCUT2D eigenvalue weighted by atomic mass is 10.2. The van der Waals surface area contributed by atoms with E-state index in [4.69, 9.17) is 10.5 Å². The fourth-order valence-corrected chi connectivity index (χ4v) is 1.85. The zero-order valence-electron chi connectivity index (χ0n) is 12.7. The van der Waals surface area contributed by atoms with E-state index in [0.717, 1.165) is 0 Å². The van der Waals surface area contributed by atoms with Crippen LogP contribution in [0.4, 0.5) is 11.5 Å². The van der Waals surface area contributed by atoms with Gasteiger partial charge in [-0.3, -0.25) is 4.79 Å². The van der Waals surface area contributed by atoms with E-state index in [0.29, 0.717) is 24.6 Å². The summed E-state index contributed by atoms with van der Waals surface area (Å²) in [4.78, 5) is 29.6. The van der Waals surface area contributed by atoms with E-state index in [1.807, 2.05) is 13.8 Å². The SMILES string of the molecule is CCNC(=O)CN(CC)c1ncc(N)cc1C(=O)OCC. The molecule has 0 saturated heterocycles. The Labute approximate surface area is 124 Å². The molecular weight excluding hydrogens is 272 g/mol. The Morgan fingerprint density at radius 1 is 1.38 bits per heavy atom. The topological polar surface area (TPSA) is 97.5 Å². The molecule has 7 nitrogen and oxygen atoms in total. The number of nitrogens with zero attached hydrogens (tertiary/aromatic N) is 2. The first-order valence-electron chi connectivity index (χ1n) is 6.97. The van der Waals surface area contributed by atoms with E-state index in [1.165, 1.54) is 12.3 Å². The van der Waals surface area contributed by atoms with Crippen LogP contribution in [-0.4, -0.2) is 43.1 Å². The van der Waals surface area contributed by atoms with Crippen molar-refractivity contribution in [3.63, 3.8) is 0 Å². The number of carbonyl (C=O) groups excluding carboxylic acids is 2. The molecule has 1 rings (SSSR count). The molecule has 116 valence electrons. The summed E-state index contributed by atoms with van der Waals surface area (Å²) < 4.78 is 5.01. The van der Waals surface area contributed by atoms with Crippen molar-refractivity contribution in [3.05, 3.63) is 17.8 Å². The molecule has 0 fully saturated rings. The maximum atomic E-state index is 12.0. The maximum Gasteiger partial charge on any atom is 0.341 e. The van der Waals surface area contributed by atoms with Gasteiger partial charge in [0.1, 0.15) is 11.4 Å². The second kappa shape index (κ2) is 8.08. The first-order valence-corrected chi connectivity index (χ1v) is 6.97. The molecule has 1 aromatic heterocycles. The van der Waals surface area contributed by atoms with Crippen molar-refractivity contribution in [2.75, 3.05) is 36.9 Å². The van der Waals surface area contributed by atoms with Gasteiger partial charge in [-0.2, -0.15) is 0 Å². The van der Waals surface area contributed by atoms with Crippen LogP contribution < -0.4 is 16.0 Å². The molecule has 0 saturated carbocycles. The van der Waals surface area contributed by atoms with Crippen LogP contribution in [0, 0.1) is 0 Å². The Bertz CT molecular complexity index is 505. The van der Waals surface area contributed by atoms with E-state index in [-0.39, 0.29) is 24.6 Å². The Balaban J connectivity index is 3.07. The minimum absolute atomic E-state index is 0.119. The fraction of sp³-hybridized carbons (Fsp3) is 0.500. The van der Waals surface area contributed by atoms with Crippen LogP contribution in [0.1, 0.15) is 31.1 Å². The predicted molar refractivity (Wildman–Crippen MR) is 81.2 cm³/mol. The molecule has 21 heavy (non-hydrogen) atoms.